The summed E-state index contributed by atoms with van der Waals surface area (Å²) in [5.41, 5.74) is 0.217. The molecule has 0 aromatic carbocycles. The average Bonchev–Trinajstić information content (AvgIpc) is 2.84. The first kappa shape index (κ1) is 17.1. The van der Waals surface area contributed by atoms with Crippen LogP contribution in [0.2, 0.25) is 0 Å². The molecule has 1 atom stereocenters. The molecule has 3 aliphatic heterocycles. The Hall–Kier alpha value is -0.700. The van der Waals surface area contributed by atoms with Crippen molar-refractivity contribution < 1.29 is 17.9 Å². The molecule has 1 spiro atoms. The third-order valence-corrected chi connectivity index (χ3v) is 7.22. The number of hydrogen-bond acceptors (Lipinski definition) is 4. The van der Waals surface area contributed by atoms with Gasteiger partial charge >= 0.3 is 0 Å². The van der Waals surface area contributed by atoms with Gasteiger partial charge < -0.3 is 9.64 Å². The number of piperidine rings is 1. The van der Waals surface area contributed by atoms with E-state index >= 15 is 0 Å². The number of rotatable bonds is 2. The van der Waals surface area contributed by atoms with Gasteiger partial charge in [0.15, 0.2) is 0 Å². The van der Waals surface area contributed by atoms with Crippen molar-refractivity contribution >= 4 is 16.1 Å². The van der Waals surface area contributed by atoms with Crippen LogP contribution in [0.25, 0.3) is 0 Å². The third-order valence-electron chi connectivity index (χ3n) is 6.14. The van der Waals surface area contributed by atoms with Crippen molar-refractivity contribution in [3.05, 3.63) is 0 Å². The monoisotopic (exact) mass is 345 g/mol. The van der Waals surface area contributed by atoms with Crippen molar-refractivity contribution in [2.45, 2.75) is 45.1 Å². The van der Waals surface area contributed by atoms with E-state index in [2.05, 4.69) is 6.92 Å². The number of amides is 1. The highest BCUT2D eigenvalue weighted by atomic mass is 32.2. The molecule has 3 saturated heterocycles. The van der Waals surface area contributed by atoms with Crippen LogP contribution in [0.5, 0.6) is 0 Å². The summed E-state index contributed by atoms with van der Waals surface area (Å²) < 4.78 is 29.5. The summed E-state index contributed by atoms with van der Waals surface area (Å²) in [5.74, 6) is 0.111. The van der Waals surface area contributed by atoms with Crippen LogP contribution < -0.4 is 5.14 Å². The number of likely N-dealkylation sites (tertiary alicyclic amines) is 1. The van der Waals surface area contributed by atoms with E-state index in [-0.39, 0.29) is 23.3 Å². The molecular formula is C15H27N3O4S. The lowest BCUT2D eigenvalue weighted by Gasteiger charge is -2.40. The fourth-order valence-electron chi connectivity index (χ4n) is 4.41. The van der Waals surface area contributed by atoms with Crippen LogP contribution in [-0.4, -0.2) is 62.4 Å². The van der Waals surface area contributed by atoms with Gasteiger partial charge in [-0.1, -0.05) is 0 Å². The van der Waals surface area contributed by atoms with Crippen molar-refractivity contribution in [3.63, 3.8) is 0 Å². The summed E-state index contributed by atoms with van der Waals surface area (Å²) in [7, 11) is -3.63. The fraction of sp³-hybridized carbons (Fsp3) is 0.933. The van der Waals surface area contributed by atoms with Crippen molar-refractivity contribution in [2.24, 2.45) is 16.5 Å². The predicted octanol–water partition coefficient (Wildman–Crippen LogP) is 0.320. The van der Waals surface area contributed by atoms with Crippen molar-refractivity contribution in [2.75, 3.05) is 32.8 Å². The van der Waals surface area contributed by atoms with Gasteiger partial charge in [-0.05, 0) is 44.4 Å². The van der Waals surface area contributed by atoms with Crippen LogP contribution in [0.1, 0.15) is 39.0 Å². The Kier molecular flexibility index (Phi) is 4.70. The summed E-state index contributed by atoms with van der Waals surface area (Å²) in [4.78, 5) is 14.9. The minimum Gasteiger partial charge on any atom is -0.381 e. The quantitative estimate of drug-likeness (QED) is 0.780. The van der Waals surface area contributed by atoms with Gasteiger partial charge in [-0.3, -0.25) is 4.79 Å². The minimum absolute atomic E-state index is 0.0783. The van der Waals surface area contributed by atoms with Gasteiger partial charge in [0, 0.05) is 44.8 Å². The molecular weight excluding hydrogens is 318 g/mol. The van der Waals surface area contributed by atoms with Crippen LogP contribution >= 0.6 is 0 Å². The van der Waals surface area contributed by atoms with Crippen LogP contribution in [0, 0.1) is 11.3 Å². The van der Waals surface area contributed by atoms with E-state index in [1.807, 2.05) is 4.90 Å². The van der Waals surface area contributed by atoms with Gasteiger partial charge in [-0.2, -0.15) is 12.7 Å². The maximum absolute atomic E-state index is 12.9. The Bertz CT molecular complexity index is 551. The minimum atomic E-state index is -3.63. The Labute approximate surface area is 138 Å². The van der Waals surface area contributed by atoms with Gasteiger partial charge in [0.2, 0.25) is 5.91 Å². The SMILES string of the molecule is CC1N(C(=O)C2CCN(S(N)(=O)=O)CC2)CCC12CCOCC2. The first-order chi connectivity index (χ1) is 10.8. The number of carbonyl (C=O) groups excluding carboxylic acids is 1. The summed E-state index contributed by atoms with van der Waals surface area (Å²) in [6.07, 6.45) is 4.24. The summed E-state index contributed by atoms with van der Waals surface area (Å²) in [5, 5.41) is 5.16. The van der Waals surface area contributed by atoms with Crippen molar-refractivity contribution in [3.8, 4) is 0 Å². The molecule has 3 heterocycles. The lowest BCUT2D eigenvalue weighted by atomic mass is 9.74. The Balaban J connectivity index is 1.61. The Morgan fingerprint density at radius 2 is 1.74 bits per heavy atom. The molecule has 0 aromatic rings. The van der Waals surface area contributed by atoms with Gasteiger partial charge in [0.25, 0.3) is 10.2 Å². The van der Waals surface area contributed by atoms with Crippen LogP contribution in [0.4, 0.5) is 0 Å². The number of nitrogens with zero attached hydrogens (tertiary/aromatic N) is 2. The molecule has 0 aromatic heterocycles. The highest BCUT2D eigenvalue weighted by molar-refractivity contribution is 7.86. The van der Waals surface area contributed by atoms with E-state index in [1.165, 1.54) is 4.31 Å². The summed E-state index contributed by atoms with van der Waals surface area (Å²) >= 11 is 0. The molecule has 0 bridgehead atoms. The topological polar surface area (TPSA) is 92.9 Å². The van der Waals surface area contributed by atoms with Crippen LogP contribution in [0.15, 0.2) is 0 Å². The highest BCUT2D eigenvalue weighted by Crippen LogP contribution is 2.45. The number of ether oxygens (including phenoxy) is 1. The zero-order valence-corrected chi connectivity index (χ0v) is 14.6. The smallest absolute Gasteiger partial charge is 0.276 e. The van der Waals surface area contributed by atoms with Crippen LogP contribution in [-0.2, 0) is 19.7 Å². The lowest BCUT2D eigenvalue weighted by Crippen LogP contribution is -2.49. The van der Waals surface area contributed by atoms with Gasteiger partial charge in [0.1, 0.15) is 0 Å². The maximum Gasteiger partial charge on any atom is 0.276 e. The summed E-state index contributed by atoms with van der Waals surface area (Å²) in [6.45, 7) is 5.25. The zero-order valence-electron chi connectivity index (χ0n) is 13.7. The second-order valence-corrected chi connectivity index (χ2v) is 8.70. The molecule has 2 N–H and O–H groups in total. The van der Waals surface area contributed by atoms with E-state index in [0.29, 0.717) is 25.9 Å². The van der Waals surface area contributed by atoms with E-state index in [4.69, 9.17) is 9.88 Å². The van der Waals surface area contributed by atoms with Gasteiger partial charge in [0.05, 0.1) is 0 Å². The van der Waals surface area contributed by atoms with Crippen molar-refractivity contribution in [1.29, 1.82) is 0 Å². The van der Waals surface area contributed by atoms with E-state index < -0.39 is 10.2 Å². The lowest BCUT2D eigenvalue weighted by molar-refractivity contribution is -0.139. The maximum atomic E-state index is 12.9. The molecule has 23 heavy (non-hydrogen) atoms. The molecule has 3 aliphatic rings. The standard InChI is InChI=1S/C15H27N3O4S/c1-12-15(5-10-22-11-6-15)4-9-18(12)14(19)13-2-7-17(8-3-13)23(16,20)21/h12-13H,2-11H2,1H3,(H2,16,20,21). The first-order valence-corrected chi connectivity index (χ1v) is 10.00. The average molecular weight is 345 g/mol. The Morgan fingerprint density at radius 1 is 1.13 bits per heavy atom. The third kappa shape index (κ3) is 3.26. The molecule has 1 amide bonds. The molecule has 3 fully saturated rings. The van der Waals surface area contributed by atoms with E-state index in [1.54, 1.807) is 0 Å². The van der Waals surface area contributed by atoms with E-state index in [0.717, 1.165) is 39.0 Å². The molecule has 132 valence electrons. The number of carbonyl (C=O) groups is 1. The van der Waals surface area contributed by atoms with Gasteiger partial charge in [-0.25, -0.2) is 5.14 Å². The molecule has 3 rings (SSSR count). The number of nitrogens with two attached hydrogens (primary N) is 1. The first-order valence-electron chi connectivity index (χ1n) is 8.50. The normalized spacial score (nSPS) is 30.0. The van der Waals surface area contributed by atoms with Crippen molar-refractivity contribution in [1.82, 2.24) is 9.21 Å². The van der Waals surface area contributed by atoms with Crippen LogP contribution in [0.3, 0.4) is 0 Å². The molecule has 0 radical (unpaired) electrons. The highest BCUT2D eigenvalue weighted by Gasteiger charge is 2.48. The zero-order chi connectivity index (χ0) is 16.7. The van der Waals surface area contributed by atoms with Gasteiger partial charge in [-0.15, -0.1) is 0 Å². The predicted molar refractivity (Wildman–Crippen MR) is 85.7 cm³/mol. The molecule has 0 saturated carbocycles. The molecule has 8 heteroatoms. The second kappa shape index (κ2) is 6.31. The largest absolute Gasteiger partial charge is 0.381 e. The molecule has 1 unspecified atom stereocenters. The van der Waals surface area contributed by atoms with E-state index in [9.17, 15) is 13.2 Å². The number of hydrogen-bond donors (Lipinski definition) is 1. The second-order valence-electron chi connectivity index (χ2n) is 7.15. The summed E-state index contributed by atoms with van der Waals surface area (Å²) in [6, 6.07) is 0.246. The molecule has 7 nitrogen and oxygen atoms in total. The Morgan fingerprint density at radius 3 is 2.30 bits per heavy atom. The molecule has 0 aliphatic carbocycles. The fourth-order valence-corrected chi connectivity index (χ4v) is 5.13.